The summed E-state index contributed by atoms with van der Waals surface area (Å²) in [6, 6.07) is 19.5. The number of nitrogens with zero attached hydrogens (tertiary/aromatic N) is 2. The molecule has 5 heteroatoms. The van der Waals surface area contributed by atoms with Crippen LogP contribution in [0.4, 0.5) is 4.39 Å². The molecule has 28 heavy (non-hydrogen) atoms. The molecular weight excluding hydrogens is 369 g/mol. The predicted octanol–water partition coefficient (Wildman–Crippen LogP) is 5.60. The first-order valence-electron chi connectivity index (χ1n) is 9.46. The first-order valence-corrected chi connectivity index (χ1v) is 10.3. The van der Waals surface area contributed by atoms with Crippen molar-refractivity contribution >= 4 is 21.7 Å². The average molecular weight is 389 g/mol. The Morgan fingerprint density at radius 3 is 2.50 bits per heavy atom. The van der Waals surface area contributed by atoms with Gasteiger partial charge >= 0.3 is 0 Å². The van der Waals surface area contributed by atoms with E-state index in [-0.39, 0.29) is 17.3 Å². The van der Waals surface area contributed by atoms with Crippen LogP contribution < -0.4 is 5.73 Å². The van der Waals surface area contributed by atoms with E-state index in [1.165, 1.54) is 23.0 Å². The molecule has 2 aromatic heterocycles. The fourth-order valence-electron chi connectivity index (χ4n) is 3.76. The van der Waals surface area contributed by atoms with Gasteiger partial charge in [-0.05, 0) is 55.2 Å². The number of thiazole rings is 1. The second-order valence-electron chi connectivity index (χ2n) is 7.52. The molecule has 0 spiro atoms. The van der Waals surface area contributed by atoms with Crippen LogP contribution in [-0.4, -0.2) is 9.97 Å². The summed E-state index contributed by atoms with van der Waals surface area (Å²) in [6.07, 6.45) is 2.21. The monoisotopic (exact) mass is 389 g/mol. The van der Waals surface area contributed by atoms with E-state index >= 15 is 0 Å². The van der Waals surface area contributed by atoms with E-state index in [1.807, 2.05) is 25.1 Å². The molecule has 0 radical (unpaired) electrons. The lowest BCUT2D eigenvalue weighted by molar-refractivity contribution is 0.626. The van der Waals surface area contributed by atoms with Gasteiger partial charge in [-0.1, -0.05) is 47.7 Å². The summed E-state index contributed by atoms with van der Waals surface area (Å²) < 4.78 is 14.6. The molecule has 0 bridgehead atoms. The Morgan fingerprint density at radius 2 is 1.82 bits per heavy atom. The van der Waals surface area contributed by atoms with E-state index in [0.29, 0.717) is 10.6 Å². The average Bonchev–Trinajstić information content (AvgIpc) is 3.41. The van der Waals surface area contributed by atoms with E-state index in [0.717, 1.165) is 34.4 Å². The van der Waals surface area contributed by atoms with Gasteiger partial charge in [-0.3, -0.25) is 0 Å². The Balaban J connectivity index is 1.55. The SMILES string of the molecule is C[C@H](N)c1ccc(-c2nc3ccc(C4(c5ccccc5)CC4)nc3s2)c(F)c1. The zero-order chi connectivity index (χ0) is 19.3. The summed E-state index contributed by atoms with van der Waals surface area (Å²) in [5.74, 6) is -0.294. The minimum absolute atomic E-state index is 0.0176. The number of aromatic nitrogens is 2. The van der Waals surface area contributed by atoms with Crippen LogP contribution in [-0.2, 0) is 5.41 Å². The number of hydrogen-bond donors (Lipinski definition) is 1. The summed E-state index contributed by atoms with van der Waals surface area (Å²) in [4.78, 5) is 10.4. The number of halogens is 1. The van der Waals surface area contributed by atoms with E-state index < -0.39 is 0 Å². The van der Waals surface area contributed by atoms with Gasteiger partial charge in [0.05, 0.1) is 5.69 Å². The van der Waals surface area contributed by atoms with Gasteiger partial charge in [0, 0.05) is 17.0 Å². The third-order valence-electron chi connectivity index (χ3n) is 5.57. The van der Waals surface area contributed by atoms with E-state index in [9.17, 15) is 4.39 Å². The smallest absolute Gasteiger partial charge is 0.144 e. The number of benzene rings is 2. The molecule has 1 aliphatic carbocycles. The van der Waals surface area contributed by atoms with Crippen molar-refractivity contribution in [1.29, 1.82) is 0 Å². The summed E-state index contributed by atoms with van der Waals surface area (Å²) in [5, 5.41) is 0.651. The second-order valence-corrected chi connectivity index (χ2v) is 8.49. The van der Waals surface area contributed by atoms with Gasteiger partial charge in [0.2, 0.25) is 0 Å². The maximum absolute atomic E-state index is 14.6. The van der Waals surface area contributed by atoms with Crippen molar-refractivity contribution in [2.45, 2.75) is 31.2 Å². The van der Waals surface area contributed by atoms with E-state index in [4.69, 9.17) is 10.7 Å². The zero-order valence-corrected chi connectivity index (χ0v) is 16.3. The fraction of sp³-hybridized carbons (Fsp3) is 0.217. The Labute approximate surface area is 167 Å². The van der Waals surface area contributed by atoms with Crippen molar-refractivity contribution in [2.75, 3.05) is 0 Å². The number of hydrogen-bond acceptors (Lipinski definition) is 4. The van der Waals surface area contributed by atoms with Crippen LogP contribution in [0.5, 0.6) is 0 Å². The molecule has 2 N–H and O–H groups in total. The molecule has 2 aromatic carbocycles. The third-order valence-corrected chi connectivity index (χ3v) is 6.57. The molecule has 2 heterocycles. The summed E-state index contributed by atoms with van der Waals surface area (Å²) in [5.41, 5.74) is 10.3. The highest BCUT2D eigenvalue weighted by atomic mass is 32.1. The highest BCUT2D eigenvalue weighted by Gasteiger charge is 2.47. The van der Waals surface area contributed by atoms with Crippen LogP contribution in [0.15, 0.2) is 60.7 Å². The lowest BCUT2D eigenvalue weighted by Gasteiger charge is -2.14. The molecular formula is C23H20FN3S. The largest absolute Gasteiger partial charge is 0.324 e. The highest BCUT2D eigenvalue weighted by molar-refractivity contribution is 7.21. The topological polar surface area (TPSA) is 51.8 Å². The Kier molecular flexibility index (Phi) is 4.03. The molecule has 1 fully saturated rings. The van der Waals surface area contributed by atoms with Gasteiger partial charge in [0.15, 0.2) is 0 Å². The van der Waals surface area contributed by atoms with E-state index in [2.05, 4.69) is 35.3 Å². The molecule has 0 aliphatic heterocycles. The molecule has 1 atom stereocenters. The first-order chi connectivity index (χ1) is 13.6. The maximum atomic E-state index is 14.6. The van der Waals surface area contributed by atoms with Crippen LogP contribution in [0, 0.1) is 5.82 Å². The molecule has 4 aromatic rings. The summed E-state index contributed by atoms with van der Waals surface area (Å²) in [7, 11) is 0. The Bertz CT molecular complexity index is 1160. The molecule has 0 amide bonds. The van der Waals surface area contributed by atoms with E-state index in [1.54, 1.807) is 6.07 Å². The molecule has 0 saturated heterocycles. The number of rotatable bonds is 4. The Morgan fingerprint density at radius 1 is 1.04 bits per heavy atom. The molecule has 0 unspecified atom stereocenters. The second kappa shape index (κ2) is 6.47. The van der Waals surface area contributed by atoms with Crippen molar-refractivity contribution in [3.05, 3.63) is 83.3 Å². The quantitative estimate of drug-likeness (QED) is 0.494. The van der Waals surface area contributed by atoms with Gasteiger partial charge in [-0.15, -0.1) is 0 Å². The predicted molar refractivity (Wildman–Crippen MR) is 112 cm³/mol. The zero-order valence-electron chi connectivity index (χ0n) is 15.5. The van der Waals surface area contributed by atoms with Crippen LogP contribution in [0.2, 0.25) is 0 Å². The lowest BCUT2D eigenvalue weighted by atomic mass is 9.92. The lowest BCUT2D eigenvalue weighted by Crippen LogP contribution is -2.10. The minimum atomic E-state index is -0.294. The van der Waals surface area contributed by atoms with Gasteiger partial charge in [-0.25, -0.2) is 14.4 Å². The summed E-state index contributed by atoms with van der Waals surface area (Å²) >= 11 is 1.44. The van der Waals surface area contributed by atoms with Crippen LogP contribution in [0.1, 0.15) is 42.6 Å². The third kappa shape index (κ3) is 2.82. The molecule has 140 valence electrons. The minimum Gasteiger partial charge on any atom is -0.324 e. The van der Waals surface area contributed by atoms with Gasteiger partial charge in [0.1, 0.15) is 21.2 Å². The van der Waals surface area contributed by atoms with Gasteiger partial charge < -0.3 is 5.73 Å². The molecule has 1 aliphatic rings. The first kappa shape index (κ1) is 17.5. The number of nitrogens with two attached hydrogens (primary N) is 1. The van der Waals surface area contributed by atoms with Crippen LogP contribution in [0.3, 0.4) is 0 Å². The fourth-order valence-corrected chi connectivity index (χ4v) is 4.73. The van der Waals surface area contributed by atoms with Crippen molar-refractivity contribution in [1.82, 2.24) is 9.97 Å². The number of pyridine rings is 1. The van der Waals surface area contributed by atoms with Gasteiger partial charge in [0.25, 0.3) is 0 Å². The Hall–Kier alpha value is -2.63. The van der Waals surface area contributed by atoms with Crippen molar-refractivity contribution < 1.29 is 4.39 Å². The van der Waals surface area contributed by atoms with Crippen molar-refractivity contribution in [3.63, 3.8) is 0 Å². The van der Waals surface area contributed by atoms with Crippen LogP contribution in [0.25, 0.3) is 20.9 Å². The van der Waals surface area contributed by atoms with Crippen molar-refractivity contribution in [2.24, 2.45) is 5.73 Å². The maximum Gasteiger partial charge on any atom is 0.144 e. The molecule has 3 nitrogen and oxygen atoms in total. The highest BCUT2D eigenvalue weighted by Crippen LogP contribution is 2.53. The van der Waals surface area contributed by atoms with Crippen LogP contribution >= 0.6 is 11.3 Å². The van der Waals surface area contributed by atoms with Crippen molar-refractivity contribution in [3.8, 4) is 10.6 Å². The standard InChI is InChI=1S/C23H20FN3S/c1-14(25)15-7-8-17(18(24)13-15)21-26-19-9-10-20(27-22(19)28-21)23(11-12-23)16-5-3-2-4-6-16/h2-10,13-14H,11-12,25H2,1H3/t14-/m0/s1. The summed E-state index contributed by atoms with van der Waals surface area (Å²) in [6.45, 7) is 1.85. The molecule has 1 saturated carbocycles. The molecule has 5 rings (SSSR count). The van der Waals surface area contributed by atoms with Gasteiger partial charge in [-0.2, -0.15) is 0 Å². The normalized spacial score (nSPS) is 16.2. The number of fused-ring (bicyclic) bond motifs is 1.